The molecular weight excluding hydrogens is 344 g/mol. The molecule has 1 aromatic heterocycles. The maximum atomic E-state index is 11.9. The number of unbranched alkanes of at least 4 members (excludes halogenated alkanes) is 5. The van der Waals surface area contributed by atoms with Crippen molar-refractivity contribution in [1.29, 1.82) is 0 Å². The lowest BCUT2D eigenvalue weighted by Crippen LogP contribution is -2.29. The molecule has 0 aromatic carbocycles. The zero-order valence-electron chi connectivity index (χ0n) is 14.7. The van der Waals surface area contributed by atoms with Gasteiger partial charge in [-0.3, -0.25) is 5.32 Å². The molecule has 4 N–H and O–H groups in total. The van der Waals surface area contributed by atoms with E-state index in [0.717, 1.165) is 30.6 Å². The van der Waals surface area contributed by atoms with Crippen LogP contribution in [0.2, 0.25) is 0 Å². The number of amides is 2. The molecular formula is C17H26N2O5S. The second kappa shape index (κ2) is 10.7. The lowest BCUT2D eigenvalue weighted by molar-refractivity contribution is 0.0696. The normalized spacial score (nSPS) is 10.5. The van der Waals surface area contributed by atoms with E-state index in [0.29, 0.717) is 6.54 Å². The van der Waals surface area contributed by atoms with E-state index in [4.69, 9.17) is 0 Å². The van der Waals surface area contributed by atoms with Gasteiger partial charge in [0, 0.05) is 6.54 Å². The first-order chi connectivity index (χ1) is 11.9. The Kier molecular flexibility index (Phi) is 8.98. The summed E-state index contributed by atoms with van der Waals surface area (Å²) < 4.78 is 0. The molecule has 1 heterocycles. The Morgan fingerprint density at radius 1 is 0.960 bits per heavy atom. The minimum absolute atomic E-state index is 0.0499. The fourth-order valence-corrected chi connectivity index (χ4v) is 3.66. The molecule has 0 bridgehead atoms. The van der Waals surface area contributed by atoms with Gasteiger partial charge in [0.1, 0.15) is 9.88 Å². The average molecular weight is 370 g/mol. The number of carboxylic acid groups (broad SMARTS) is 2. The van der Waals surface area contributed by atoms with Crippen LogP contribution >= 0.6 is 11.3 Å². The molecule has 1 rings (SSSR count). The number of carbonyl (C=O) groups excluding carboxylic acids is 1. The molecule has 1 aromatic rings. The quantitative estimate of drug-likeness (QED) is 0.436. The smallest absolute Gasteiger partial charge is 0.346 e. The van der Waals surface area contributed by atoms with Crippen LogP contribution in [0, 0.1) is 0 Å². The van der Waals surface area contributed by atoms with Gasteiger partial charge in [-0.1, -0.05) is 46.0 Å². The van der Waals surface area contributed by atoms with Crippen molar-refractivity contribution >= 4 is 34.3 Å². The highest BCUT2D eigenvalue weighted by atomic mass is 32.1. The van der Waals surface area contributed by atoms with Crippen LogP contribution in [0.25, 0.3) is 0 Å². The van der Waals surface area contributed by atoms with Crippen molar-refractivity contribution in [1.82, 2.24) is 5.32 Å². The van der Waals surface area contributed by atoms with E-state index < -0.39 is 18.0 Å². The van der Waals surface area contributed by atoms with Crippen molar-refractivity contribution in [3.8, 4) is 0 Å². The van der Waals surface area contributed by atoms with Crippen molar-refractivity contribution in [3.63, 3.8) is 0 Å². The Morgan fingerprint density at radius 3 is 2.16 bits per heavy atom. The number of carboxylic acids is 2. The zero-order chi connectivity index (χ0) is 18.8. The largest absolute Gasteiger partial charge is 0.478 e. The van der Waals surface area contributed by atoms with Crippen LogP contribution in [0.3, 0.4) is 0 Å². The molecule has 0 atom stereocenters. The van der Waals surface area contributed by atoms with Crippen LogP contribution in [-0.2, 0) is 6.42 Å². The molecule has 0 aliphatic heterocycles. The van der Waals surface area contributed by atoms with Gasteiger partial charge in [0.25, 0.3) is 0 Å². The van der Waals surface area contributed by atoms with Gasteiger partial charge in [-0.05, 0) is 18.4 Å². The predicted octanol–water partition coefficient (Wildman–Crippen LogP) is 4.19. The van der Waals surface area contributed by atoms with Gasteiger partial charge >= 0.3 is 18.0 Å². The first kappa shape index (κ1) is 21.0. The van der Waals surface area contributed by atoms with E-state index in [-0.39, 0.29) is 27.4 Å². The number of urea groups is 1. The summed E-state index contributed by atoms with van der Waals surface area (Å²) in [4.78, 5) is 34.6. The van der Waals surface area contributed by atoms with Crippen molar-refractivity contribution in [3.05, 3.63) is 16.0 Å². The SMILES string of the molecule is CCCCCCCCNC(=O)Nc1sc(C(=O)O)c(CC)c1C(=O)O. The third kappa shape index (κ3) is 6.38. The molecule has 0 radical (unpaired) electrons. The number of aromatic carboxylic acids is 2. The second-order valence-electron chi connectivity index (χ2n) is 5.73. The highest BCUT2D eigenvalue weighted by Gasteiger charge is 2.26. The summed E-state index contributed by atoms with van der Waals surface area (Å²) in [7, 11) is 0. The van der Waals surface area contributed by atoms with E-state index in [1.807, 2.05) is 0 Å². The van der Waals surface area contributed by atoms with Gasteiger partial charge in [0.15, 0.2) is 0 Å². The number of carbonyl (C=O) groups is 3. The molecule has 0 aliphatic carbocycles. The molecule has 25 heavy (non-hydrogen) atoms. The molecule has 7 nitrogen and oxygen atoms in total. The fraction of sp³-hybridized carbons (Fsp3) is 0.588. The van der Waals surface area contributed by atoms with Crippen molar-refractivity contribution in [2.24, 2.45) is 0 Å². The van der Waals surface area contributed by atoms with Gasteiger partial charge in [0.2, 0.25) is 0 Å². The molecule has 0 aliphatic rings. The summed E-state index contributed by atoms with van der Waals surface area (Å²) in [6.07, 6.45) is 6.88. The molecule has 0 saturated carbocycles. The molecule has 140 valence electrons. The summed E-state index contributed by atoms with van der Waals surface area (Å²) in [5, 5.41) is 23.8. The number of hydrogen-bond acceptors (Lipinski definition) is 4. The fourth-order valence-electron chi connectivity index (χ4n) is 2.54. The molecule has 8 heteroatoms. The van der Waals surface area contributed by atoms with Crippen LogP contribution in [-0.4, -0.2) is 34.7 Å². The van der Waals surface area contributed by atoms with Crippen molar-refractivity contribution in [2.75, 3.05) is 11.9 Å². The number of thiophene rings is 1. The monoisotopic (exact) mass is 370 g/mol. The summed E-state index contributed by atoms with van der Waals surface area (Å²) >= 11 is 0.776. The number of hydrogen-bond donors (Lipinski definition) is 4. The number of anilines is 1. The lowest BCUT2D eigenvalue weighted by Gasteiger charge is -2.07. The number of nitrogens with one attached hydrogen (secondary N) is 2. The molecule has 2 amide bonds. The van der Waals surface area contributed by atoms with Gasteiger partial charge in [-0.15, -0.1) is 11.3 Å². The van der Waals surface area contributed by atoms with Crippen molar-refractivity contribution < 1.29 is 24.6 Å². The first-order valence-electron chi connectivity index (χ1n) is 8.59. The van der Waals surface area contributed by atoms with Crippen LogP contribution in [0.5, 0.6) is 0 Å². The topological polar surface area (TPSA) is 116 Å². The molecule has 0 fully saturated rings. The highest BCUT2D eigenvalue weighted by Crippen LogP contribution is 2.34. The molecule has 0 spiro atoms. The Labute approximate surface area is 151 Å². The van der Waals surface area contributed by atoms with E-state index in [1.165, 1.54) is 19.3 Å². The Hall–Kier alpha value is -2.09. The van der Waals surface area contributed by atoms with Gasteiger partial charge in [-0.25, -0.2) is 14.4 Å². The third-order valence-corrected chi connectivity index (χ3v) is 4.95. The second-order valence-corrected chi connectivity index (χ2v) is 6.75. The maximum absolute atomic E-state index is 11.9. The Bertz CT molecular complexity index is 612. The third-order valence-electron chi connectivity index (χ3n) is 3.81. The van der Waals surface area contributed by atoms with E-state index in [9.17, 15) is 24.6 Å². The predicted molar refractivity (Wildman–Crippen MR) is 98.0 cm³/mol. The van der Waals surface area contributed by atoms with Crippen LogP contribution < -0.4 is 10.6 Å². The highest BCUT2D eigenvalue weighted by molar-refractivity contribution is 7.18. The summed E-state index contributed by atoms with van der Waals surface area (Å²) in [5.74, 6) is -2.43. The molecule has 0 saturated heterocycles. The average Bonchev–Trinajstić information content (AvgIpc) is 2.92. The zero-order valence-corrected chi connectivity index (χ0v) is 15.5. The van der Waals surface area contributed by atoms with E-state index in [1.54, 1.807) is 6.92 Å². The minimum atomic E-state index is -1.24. The first-order valence-corrected chi connectivity index (χ1v) is 9.41. The van der Waals surface area contributed by atoms with Gasteiger partial charge < -0.3 is 15.5 Å². The maximum Gasteiger partial charge on any atom is 0.346 e. The summed E-state index contributed by atoms with van der Waals surface area (Å²) in [5.41, 5.74) is 0.0934. The molecule has 0 unspecified atom stereocenters. The van der Waals surface area contributed by atoms with Crippen LogP contribution in [0.1, 0.15) is 78.0 Å². The van der Waals surface area contributed by atoms with E-state index in [2.05, 4.69) is 17.6 Å². The standard InChI is InChI=1S/C17H26N2O5S/c1-3-5-6-7-8-9-10-18-17(24)19-14-12(15(20)21)11(4-2)13(25-14)16(22)23/h3-10H2,1-2H3,(H,20,21)(H,22,23)(H2,18,19,24). The van der Waals surface area contributed by atoms with Crippen LogP contribution in [0.4, 0.5) is 9.80 Å². The van der Waals surface area contributed by atoms with Gasteiger partial charge in [0.05, 0.1) is 5.56 Å². The number of rotatable bonds is 11. The Morgan fingerprint density at radius 2 is 1.60 bits per heavy atom. The summed E-state index contributed by atoms with van der Waals surface area (Å²) in [6.45, 7) is 4.34. The van der Waals surface area contributed by atoms with Gasteiger partial charge in [-0.2, -0.15) is 0 Å². The summed E-state index contributed by atoms with van der Waals surface area (Å²) in [6, 6.07) is -0.517. The lowest BCUT2D eigenvalue weighted by atomic mass is 10.1. The van der Waals surface area contributed by atoms with E-state index >= 15 is 0 Å². The minimum Gasteiger partial charge on any atom is -0.478 e. The Balaban J connectivity index is 2.62. The van der Waals surface area contributed by atoms with Crippen LogP contribution in [0.15, 0.2) is 0 Å². The van der Waals surface area contributed by atoms with Crippen molar-refractivity contribution in [2.45, 2.75) is 58.8 Å².